The smallest absolute Gasteiger partial charge is 0.407 e. The summed E-state index contributed by atoms with van der Waals surface area (Å²) in [6, 6.07) is 18.0. The Labute approximate surface area is 157 Å². The molecule has 1 aliphatic heterocycles. The Hall–Kier alpha value is -3.28. The van der Waals surface area contributed by atoms with Crippen LogP contribution in [0, 0.1) is 6.92 Å². The number of piperazine rings is 1. The first-order chi connectivity index (χ1) is 13.0. The van der Waals surface area contributed by atoms with Crippen molar-refractivity contribution in [2.75, 3.05) is 26.2 Å². The summed E-state index contributed by atoms with van der Waals surface area (Å²) in [5.41, 5.74) is 3.91. The first-order valence-electron chi connectivity index (χ1n) is 8.99. The molecule has 0 radical (unpaired) electrons. The minimum atomic E-state index is -0.930. The van der Waals surface area contributed by atoms with E-state index in [0.29, 0.717) is 31.7 Å². The van der Waals surface area contributed by atoms with Gasteiger partial charge in [-0.15, -0.1) is 0 Å². The zero-order valence-corrected chi connectivity index (χ0v) is 15.1. The molecule has 0 atom stereocenters. The molecule has 1 fully saturated rings. The quantitative estimate of drug-likeness (QED) is 0.759. The second-order valence-corrected chi connectivity index (χ2v) is 6.79. The molecular formula is C21H21N3O3. The monoisotopic (exact) mass is 363 g/mol. The van der Waals surface area contributed by atoms with Crippen LogP contribution in [0.2, 0.25) is 0 Å². The van der Waals surface area contributed by atoms with E-state index in [9.17, 15) is 9.59 Å². The first kappa shape index (κ1) is 17.1. The van der Waals surface area contributed by atoms with Crippen molar-refractivity contribution in [3.05, 3.63) is 65.9 Å². The molecule has 0 saturated carbocycles. The predicted molar refractivity (Wildman–Crippen MR) is 104 cm³/mol. The molecule has 1 aromatic heterocycles. The summed E-state index contributed by atoms with van der Waals surface area (Å²) in [7, 11) is 0. The second kappa shape index (κ2) is 6.79. The third-order valence-electron chi connectivity index (χ3n) is 5.10. The van der Waals surface area contributed by atoms with Crippen LogP contribution in [0.3, 0.4) is 0 Å². The fourth-order valence-electron chi connectivity index (χ4n) is 3.67. The van der Waals surface area contributed by atoms with E-state index in [1.807, 2.05) is 36.4 Å². The predicted octanol–water partition coefficient (Wildman–Crippen LogP) is 3.37. The standard InChI is InChI=1S/C21H21N3O3/c1-15-14-17-4-2-3-5-19(17)24(15)18-8-6-16(7-9-18)20(25)22-10-12-23(13-11-22)21(26)27/h2-9,14H,10-13H2,1H3,(H,26,27). The van der Waals surface area contributed by atoms with Gasteiger partial charge >= 0.3 is 6.09 Å². The van der Waals surface area contributed by atoms with Gasteiger partial charge in [0.2, 0.25) is 0 Å². The van der Waals surface area contributed by atoms with Crippen LogP contribution in [-0.4, -0.2) is 57.7 Å². The van der Waals surface area contributed by atoms with E-state index in [0.717, 1.165) is 16.9 Å². The Bertz CT molecular complexity index is 999. The van der Waals surface area contributed by atoms with Crippen LogP contribution in [0.4, 0.5) is 4.79 Å². The van der Waals surface area contributed by atoms with Crippen molar-refractivity contribution in [3.8, 4) is 5.69 Å². The van der Waals surface area contributed by atoms with E-state index in [1.165, 1.54) is 10.3 Å². The number of para-hydroxylation sites is 1. The SMILES string of the molecule is Cc1cc2ccccc2n1-c1ccc(C(=O)N2CCN(C(=O)O)CC2)cc1. The molecule has 6 nitrogen and oxygen atoms in total. The number of benzene rings is 2. The van der Waals surface area contributed by atoms with Crippen molar-refractivity contribution in [3.63, 3.8) is 0 Å². The minimum absolute atomic E-state index is 0.0549. The number of carboxylic acid groups (broad SMARTS) is 1. The van der Waals surface area contributed by atoms with Gasteiger partial charge < -0.3 is 19.5 Å². The number of carbonyl (C=O) groups is 2. The maximum absolute atomic E-state index is 12.7. The molecule has 138 valence electrons. The molecule has 4 rings (SSSR count). The van der Waals surface area contributed by atoms with Crippen LogP contribution in [-0.2, 0) is 0 Å². The van der Waals surface area contributed by atoms with Crippen molar-refractivity contribution in [1.29, 1.82) is 0 Å². The van der Waals surface area contributed by atoms with Crippen LogP contribution in [0.1, 0.15) is 16.1 Å². The maximum atomic E-state index is 12.7. The molecule has 2 aromatic carbocycles. The molecule has 1 saturated heterocycles. The van der Waals surface area contributed by atoms with Gasteiger partial charge in [-0.1, -0.05) is 18.2 Å². The summed E-state index contributed by atoms with van der Waals surface area (Å²) in [4.78, 5) is 26.8. The molecule has 3 aromatic rings. The number of hydrogen-bond donors (Lipinski definition) is 1. The summed E-state index contributed by atoms with van der Waals surface area (Å²) in [5.74, 6) is -0.0549. The molecule has 0 spiro atoms. The van der Waals surface area contributed by atoms with E-state index in [2.05, 4.69) is 29.7 Å². The molecule has 2 amide bonds. The van der Waals surface area contributed by atoms with Gasteiger partial charge in [0.05, 0.1) is 5.52 Å². The lowest BCUT2D eigenvalue weighted by Crippen LogP contribution is -2.50. The average molecular weight is 363 g/mol. The van der Waals surface area contributed by atoms with Gasteiger partial charge in [0.1, 0.15) is 0 Å². The Morgan fingerprint density at radius 1 is 0.889 bits per heavy atom. The van der Waals surface area contributed by atoms with Crippen LogP contribution in [0.25, 0.3) is 16.6 Å². The summed E-state index contributed by atoms with van der Waals surface area (Å²) >= 11 is 0. The third-order valence-corrected chi connectivity index (χ3v) is 5.10. The zero-order chi connectivity index (χ0) is 19.0. The van der Waals surface area contributed by atoms with Crippen molar-refractivity contribution in [2.45, 2.75) is 6.92 Å². The van der Waals surface area contributed by atoms with Gasteiger partial charge in [-0.05, 0) is 43.3 Å². The number of amides is 2. The molecule has 1 aliphatic rings. The average Bonchev–Trinajstić information content (AvgIpc) is 3.03. The number of aryl methyl sites for hydroxylation is 1. The highest BCUT2D eigenvalue weighted by Gasteiger charge is 2.24. The lowest BCUT2D eigenvalue weighted by atomic mass is 10.1. The molecule has 0 aliphatic carbocycles. The fourth-order valence-corrected chi connectivity index (χ4v) is 3.67. The topological polar surface area (TPSA) is 65.8 Å². The Morgan fingerprint density at radius 3 is 2.19 bits per heavy atom. The molecule has 1 N–H and O–H groups in total. The third kappa shape index (κ3) is 3.14. The second-order valence-electron chi connectivity index (χ2n) is 6.79. The summed E-state index contributed by atoms with van der Waals surface area (Å²) < 4.78 is 2.18. The highest BCUT2D eigenvalue weighted by molar-refractivity contribution is 5.94. The van der Waals surface area contributed by atoms with Gasteiger partial charge in [-0.3, -0.25) is 4.79 Å². The molecule has 0 bridgehead atoms. The molecule has 0 unspecified atom stereocenters. The number of fused-ring (bicyclic) bond motifs is 1. The molecule has 2 heterocycles. The Kier molecular flexibility index (Phi) is 4.32. The van der Waals surface area contributed by atoms with Crippen LogP contribution < -0.4 is 0 Å². The van der Waals surface area contributed by atoms with E-state index >= 15 is 0 Å². The van der Waals surface area contributed by atoms with E-state index in [4.69, 9.17) is 5.11 Å². The van der Waals surface area contributed by atoms with Gasteiger partial charge in [0.15, 0.2) is 0 Å². The largest absolute Gasteiger partial charge is 0.465 e. The minimum Gasteiger partial charge on any atom is -0.465 e. The lowest BCUT2D eigenvalue weighted by Gasteiger charge is -2.33. The molecule has 6 heteroatoms. The summed E-state index contributed by atoms with van der Waals surface area (Å²) in [6.07, 6.45) is -0.930. The number of rotatable bonds is 2. The maximum Gasteiger partial charge on any atom is 0.407 e. The first-order valence-corrected chi connectivity index (χ1v) is 8.99. The normalized spacial score (nSPS) is 14.6. The van der Waals surface area contributed by atoms with Gasteiger partial charge in [0, 0.05) is 48.5 Å². The summed E-state index contributed by atoms with van der Waals surface area (Å²) in [5, 5.41) is 10.2. The highest BCUT2D eigenvalue weighted by Crippen LogP contribution is 2.24. The van der Waals surface area contributed by atoms with E-state index in [1.54, 1.807) is 4.90 Å². The van der Waals surface area contributed by atoms with Gasteiger partial charge in [-0.25, -0.2) is 4.79 Å². The fraction of sp³-hybridized carbons (Fsp3) is 0.238. The van der Waals surface area contributed by atoms with Gasteiger partial charge in [0.25, 0.3) is 5.91 Å². The van der Waals surface area contributed by atoms with Crippen molar-refractivity contribution in [2.24, 2.45) is 0 Å². The Morgan fingerprint density at radius 2 is 1.52 bits per heavy atom. The van der Waals surface area contributed by atoms with Crippen LogP contribution in [0.5, 0.6) is 0 Å². The number of aromatic nitrogens is 1. The highest BCUT2D eigenvalue weighted by atomic mass is 16.4. The van der Waals surface area contributed by atoms with Crippen molar-refractivity contribution < 1.29 is 14.7 Å². The molecular weight excluding hydrogens is 342 g/mol. The Balaban J connectivity index is 1.55. The van der Waals surface area contributed by atoms with E-state index < -0.39 is 6.09 Å². The summed E-state index contributed by atoms with van der Waals surface area (Å²) in [6.45, 7) is 3.63. The van der Waals surface area contributed by atoms with E-state index in [-0.39, 0.29) is 5.91 Å². The van der Waals surface area contributed by atoms with Crippen molar-refractivity contribution in [1.82, 2.24) is 14.4 Å². The number of carbonyl (C=O) groups excluding carboxylic acids is 1. The number of hydrogen-bond acceptors (Lipinski definition) is 2. The zero-order valence-electron chi connectivity index (χ0n) is 15.1. The number of nitrogens with zero attached hydrogens (tertiary/aromatic N) is 3. The van der Waals surface area contributed by atoms with Gasteiger partial charge in [-0.2, -0.15) is 0 Å². The lowest BCUT2D eigenvalue weighted by molar-refractivity contribution is 0.0625. The van der Waals surface area contributed by atoms with Crippen LogP contribution in [0.15, 0.2) is 54.6 Å². The van der Waals surface area contributed by atoms with Crippen molar-refractivity contribution >= 4 is 22.9 Å². The molecule has 27 heavy (non-hydrogen) atoms. The van der Waals surface area contributed by atoms with Crippen LogP contribution >= 0.6 is 0 Å².